The Bertz CT molecular complexity index is 582. The van der Waals surface area contributed by atoms with Crippen LogP contribution >= 0.6 is 69.6 Å². The molecule has 0 saturated carbocycles. The molecule has 0 saturated heterocycles. The molecule has 0 fully saturated rings. The Balaban J connectivity index is 2.51. The van der Waals surface area contributed by atoms with Gasteiger partial charge < -0.3 is 16.0 Å². The maximum absolute atomic E-state index is 12.1. The van der Waals surface area contributed by atoms with Gasteiger partial charge in [-0.05, 0) is 65.5 Å². The second-order valence-corrected chi connectivity index (χ2v) is 9.83. The first-order valence-electron chi connectivity index (χ1n) is 8.41. The number of hydrogen-bond acceptors (Lipinski definition) is 2. The van der Waals surface area contributed by atoms with E-state index in [1.807, 2.05) is 24.3 Å². The van der Waals surface area contributed by atoms with Crippen LogP contribution in [0.1, 0.15) is 45.4 Å². The summed E-state index contributed by atoms with van der Waals surface area (Å²) in [5.74, 6) is -0.178. The molecule has 0 aliphatic rings. The quantitative estimate of drug-likeness (QED) is 0.121. The lowest BCUT2D eigenvalue weighted by Gasteiger charge is -2.27. The van der Waals surface area contributed by atoms with Crippen molar-refractivity contribution < 1.29 is 4.79 Å². The summed E-state index contributed by atoms with van der Waals surface area (Å²) in [5.41, 5.74) is 0.799. The zero-order valence-corrected chi connectivity index (χ0v) is 19.7. The van der Waals surface area contributed by atoms with E-state index in [-0.39, 0.29) is 11.0 Å². The zero-order valence-electron chi connectivity index (χ0n) is 14.5. The number of nitrogens with one attached hydrogen (secondary N) is 3. The Hall–Kier alpha value is -0.0200. The minimum Gasteiger partial charge on any atom is -0.339 e. The van der Waals surface area contributed by atoms with Gasteiger partial charge in [0.15, 0.2) is 5.11 Å². The minimum absolute atomic E-state index is 0.178. The fraction of sp³-hybridized carbons (Fsp3) is 0.529. The van der Waals surface area contributed by atoms with Crippen LogP contribution < -0.4 is 16.0 Å². The van der Waals surface area contributed by atoms with Gasteiger partial charge in [-0.1, -0.05) is 67.4 Å². The Morgan fingerprint density at radius 3 is 2.31 bits per heavy atom. The summed E-state index contributed by atoms with van der Waals surface area (Å²) in [5, 5.41) is 8.81. The molecule has 0 aromatic heterocycles. The summed E-state index contributed by atoms with van der Waals surface area (Å²) < 4.78 is -0.632. The monoisotopic (exact) mass is 549 g/mol. The molecule has 26 heavy (non-hydrogen) atoms. The molecule has 9 heteroatoms. The number of thiocarbonyl (C=S) groups is 1. The van der Waals surface area contributed by atoms with Crippen molar-refractivity contribution in [3.8, 4) is 0 Å². The average molecular weight is 551 g/mol. The van der Waals surface area contributed by atoms with Crippen LogP contribution in [-0.4, -0.2) is 21.0 Å². The molecule has 0 bridgehead atoms. The minimum atomic E-state index is -1.74. The van der Waals surface area contributed by atoms with E-state index >= 15 is 0 Å². The molecule has 0 spiro atoms. The summed E-state index contributed by atoms with van der Waals surface area (Å²) in [6.45, 7) is 2.15. The molecule has 3 N–H and O–H groups in total. The van der Waals surface area contributed by atoms with Gasteiger partial charge >= 0.3 is 0 Å². The number of alkyl halides is 3. The molecule has 4 nitrogen and oxygen atoms in total. The maximum Gasteiger partial charge on any atom is 0.228 e. The number of benzene rings is 1. The van der Waals surface area contributed by atoms with Crippen molar-refractivity contribution in [3.05, 3.63) is 27.8 Å². The van der Waals surface area contributed by atoms with Gasteiger partial charge in [-0.2, -0.15) is 0 Å². The number of amides is 1. The van der Waals surface area contributed by atoms with Crippen molar-refractivity contribution in [2.24, 2.45) is 0 Å². The highest BCUT2D eigenvalue weighted by Gasteiger charge is 2.34. The van der Waals surface area contributed by atoms with Crippen LogP contribution in [0.15, 0.2) is 24.3 Å². The first-order chi connectivity index (χ1) is 12.2. The van der Waals surface area contributed by atoms with Gasteiger partial charge in [-0.3, -0.25) is 4.79 Å². The third kappa shape index (κ3) is 10.3. The largest absolute Gasteiger partial charge is 0.339 e. The second kappa shape index (κ2) is 12.4. The average Bonchev–Trinajstić information content (AvgIpc) is 2.55. The van der Waals surface area contributed by atoms with Crippen LogP contribution in [0, 0.1) is 3.57 Å². The Morgan fingerprint density at radius 2 is 1.73 bits per heavy atom. The van der Waals surface area contributed by atoms with Gasteiger partial charge in [0.2, 0.25) is 9.70 Å². The van der Waals surface area contributed by atoms with Crippen LogP contribution in [0.5, 0.6) is 0 Å². The summed E-state index contributed by atoms with van der Waals surface area (Å²) in [7, 11) is 0. The van der Waals surface area contributed by atoms with E-state index in [0.717, 1.165) is 34.9 Å². The fourth-order valence-corrected chi connectivity index (χ4v) is 3.08. The van der Waals surface area contributed by atoms with Gasteiger partial charge in [0.05, 0.1) is 0 Å². The molecule has 146 valence electrons. The van der Waals surface area contributed by atoms with Gasteiger partial charge in [-0.25, -0.2) is 0 Å². The molecular weight excluding hydrogens is 528 g/mol. The fourth-order valence-electron chi connectivity index (χ4n) is 2.15. The Kier molecular flexibility index (Phi) is 11.5. The van der Waals surface area contributed by atoms with Crippen LogP contribution in [0.3, 0.4) is 0 Å². The van der Waals surface area contributed by atoms with Crippen molar-refractivity contribution in [3.63, 3.8) is 0 Å². The lowest BCUT2D eigenvalue weighted by molar-refractivity contribution is -0.122. The molecule has 0 heterocycles. The predicted octanol–water partition coefficient (Wildman–Crippen LogP) is 5.75. The summed E-state index contributed by atoms with van der Waals surface area (Å²) in [6, 6.07) is 7.65. The van der Waals surface area contributed by atoms with Crippen molar-refractivity contribution in [2.45, 2.75) is 55.4 Å². The van der Waals surface area contributed by atoms with E-state index in [0.29, 0.717) is 6.42 Å². The van der Waals surface area contributed by atoms with Crippen LogP contribution in [0.2, 0.25) is 0 Å². The van der Waals surface area contributed by atoms with Crippen LogP contribution in [0.25, 0.3) is 0 Å². The third-order valence-electron chi connectivity index (χ3n) is 3.52. The van der Waals surface area contributed by atoms with E-state index in [2.05, 4.69) is 45.5 Å². The Morgan fingerprint density at radius 1 is 1.12 bits per heavy atom. The van der Waals surface area contributed by atoms with Gasteiger partial charge in [-0.15, -0.1) is 0 Å². The number of halogens is 4. The molecular formula is C17H23Cl3IN3OS. The van der Waals surface area contributed by atoms with Crippen molar-refractivity contribution in [1.82, 2.24) is 10.6 Å². The normalized spacial score (nSPS) is 12.3. The number of carbonyl (C=O) groups is 1. The summed E-state index contributed by atoms with van der Waals surface area (Å²) in [6.07, 6.45) is 4.75. The first kappa shape index (κ1) is 24.0. The predicted molar refractivity (Wildman–Crippen MR) is 124 cm³/mol. The van der Waals surface area contributed by atoms with Gasteiger partial charge in [0.25, 0.3) is 0 Å². The van der Waals surface area contributed by atoms with Crippen molar-refractivity contribution in [2.75, 3.05) is 5.32 Å². The van der Waals surface area contributed by atoms with Crippen LogP contribution in [0.4, 0.5) is 5.69 Å². The molecule has 0 aliphatic heterocycles. The number of carbonyl (C=O) groups excluding carboxylic acids is 1. The summed E-state index contributed by atoms with van der Waals surface area (Å²) in [4.78, 5) is 12.1. The Labute approximate surface area is 189 Å². The molecule has 1 aromatic rings. The van der Waals surface area contributed by atoms with Crippen molar-refractivity contribution >= 4 is 86.3 Å². The molecule has 0 unspecified atom stereocenters. The number of rotatable bonds is 9. The lowest BCUT2D eigenvalue weighted by atomic mass is 10.1. The van der Waals surface area contributed by atoms with Crippen molar-refractivity contribution in [1.29, 1.82) is 0 Å². The molecule has 0 radical (unpaired) electrons. The standard InChI is InChI=1S/C17H23Cl3IN3OS/c1-2-3-4-5-6-7-14(25)23-15(17(18,19)20)24-16(26)22-13-10-8-12(21)9-11-13/h8-11,15H,2-7H2,1H3,(H,23,25)(H2,22,24,26)/t15-/m1/s1. The van der Waals surface area contributed by atoms with Gasteiger partial charge in [0.1, 0.15) is 6.17 Å². The number of anilines is 1. The molecule has 1 amide bonds. The summed E-state index contributed by atoms with van der Waals surface area (Å²) >= 11 is 25.4. The van der Waals surface area contributed by atoms with E-state index in [4.69, 9.17) is 47.0 Å². The van der Waals surface area contributed by atoms with E-state index < -0.39 is 9.96 Å². The maximum atomic E-state index is 12.1. The third-order valence-corrected chi connectivity index (χ3v) is 5.11. The highest BCUT2D eigenvalue weighted by molar-refractivity contribution is 14.1. The zero-order chi connectivity index (χ0) is 19.6. The van der Waals surface area contributed by atoms with E-state index in [9.17, 15) is 4.79 Å². The second-order valence-electron chi connectivity index (χ2n) is 5.81. The number of unbranched alkanes of at least 4 members (excludes halogenated alkanes) is 4. The highest BCUT2D eigenvalue weighted by atomic mass is 127. The van der Waals surface area contributed by atoms with E-state index in [1.54, 1.807) is 0 Å². The lowest BCUT2D eigenvalue weighted by Crippen LogP contribution is -2.56. The first-order valence-corrected chi connectivity index (χ1v) is 11.0. The van der Waals surface area contributed by atoms with E-state index in [1.165, 1.54) is 6.42 Å². The topological polar surface area (TPSA) is 53.2 Å². The van der Waals surface area contributed by atoms with Gasteiger partial charge in [0, 0.05) is 15.7 Å². The SMILES string of the molecule is CCCCCCCC(=O)N[C@H](NC(=S)Nc1ccc(I)cc1)C(Cl)(Cl)Cl. The smallest absolute Gasteiger partial charge is 0.228 e. The van der Waals surface area contributed by atoms with Crippen LogP contribution in [-0.2, 0) is 4.79 Å². The highest BCUT2D eigenvalue weighted by Crippen LogP contribution is 2.29. The molecule has 0 aliphatic carbocycles. The molecule has 1 rings (SSSR count). The molecule has 1 aromatic carbocycles. The molecule has 1 atom stereocenters. The number of hydrogen-bond donors (Lipinski definition) is 3.